The van der Waals surface area contributed by atoms with E-state index in [-0.39, 0.29) is 54.9 Å². The standard InChI is InChI=1S/CH4.ClH.Na.H2O/h1H4;1H;;1H2. The van der Waals surface area contributed by atoms with E-state index in [0.717, 1.165) is 0 Å². The third-order valence-corrected chi connectivity index (χ3v) is 0. The van der Waals surface area contributed by atoms with Gasteiger partial charge in [0, 0.05) is 29.6 Å². The number of halogens is 1. The largest absolute Gasteiger partial charge is 0.412 e. The van der Waals surface area contributed by atoms with Gasteiger partial charge in [-0.15, -0.1) is 12.4 Å². The van der Waals surface area contributed by atoms with Crippen LogP contribution in [-0.2, 0) is 0 Å². The van der Waals surface area contributed by atoms with Crippen molar-refractivity contribution in [2.24, 2.45) is 0 Å². The Morgan fingerprint density at radius 3 is 1.00 bits per heavy atom. The molecule has 0 rings (SSSR count). The quantitative estimate of drug-likeness (QED) is 0.373. The van der Waals surface area contributed by atoms with Crippen LogP contribution in [0.1, 0.15) is 7.43 Å². The van der Waals surface area contributed by atoms with Gasteiger partial charge in [0.2, 0.25) is 0 Å². The van der Waals surface area contributed by atoms with Crippen LogP contribution in [0, 0.1) is 0 Å². The van der Waals surface area contributed by atoms with Gasteiger partial charge in [-0.2, -0.15) is 0 Å². The normalized spacial score (nSPS) is 0. The minimum atomic E-state index is 0. The molecule has 0 aromatic heterocycles. The minimum absolute atomic E-state index is 0. The molecule has 0 bridgehead atoms. The molecule has 0 spiro atoms. The molecule has 25 valence electrons. The monoisotopic (exact) mass is 93.0 g/mol. The van der Waals surface area contributed by atoms with E-state index in [1.807, 2.05) is 0 Å². The van der Waals surface area contributed by atoms with Gasteiger partial charge in [0.1, 0.15) is 0 Å². The van der Waals surface area contributed by atoms with Crippen molar-refractivity contribution in [3.63, 3.8) is 0 Å². The predicted octanol–water partition coefficient (Wildman–Crippen LogP) is -0.148. The third kappa shape index (κ3) is 10.5. The van der Waals surface area contributed by atoms with Crippen LogP contribution in [-0.4, -0.2) is 35.0 Å². The second-order valence-corrected chi connectivity index (χ2v) is 0. The summed E-state index contributed by atoms with van der Waals surface area (Å²) < 4.78 is 0. The zero-order valence-electron chi connectivity index (χ0n) is 1.91. The van der Waals surface area contributed by atoms with Crippen LogP contribution in [0.5, 0.6) is 0 Å². The summed E-state index contributed by atoms with van der Waals surface area (Å²) in [7, 11) is 0. The predicted molar refractivity (Wildman–Crippen MR) is 23.3 cm³/mol. The van der Waals surface area contributed by atoms with Crippen molar-refractivity contribution in [2.75, 3.05) is 0 Å². The van der Waals surface area contributed by atoms with E-state index >= 15 is 0 Å². The van der Waals surface area contributed by atoms with Gasteiger partial charge >= 0.3 is 0 Å². The average Bonchev–Trinajstić information content (AvgIpc) is 0. The van der Waals surface area contributed by atoms with Crippen molar-refractivity contribution in [1.29, 1.82) is 0 Å². The first-order chi connectivity index (χ1) is 0. The van der Waals surface area contributed by atoms with Gasteiger partial charge in [0.05, 0.1) is 0 Å². The van der Waals surface area contributed by atoms with Crippen molar-refractivity contribution in [3.8, 4) is 0 Å². The van der Waals surface area contributed by atoms with Gasteiger partial charge < -0.3 is 5.48 Å². The van der Waals surface area contributed by atoms with E-state index in [0.29, 0.717) is 0 Å². The van der Waals surface area contributed by atoms with Gasteiger partial charge in [-0.25, -0.2) is 0 Å². The minimum Gasteiger partial charge on any atom is -0.412 e. The Balaban J connectivity index is 0. The summed E-state index contributed by atoms with van der Waals surface area (Å²) in [6, 6.07) is 0. The molecule has 0 heterocycles. The molecule has 0 aliphatic rings. The summed E-state index contributed by atoms with van der Waals surface area (Å²) >= 11 is 0. The summed E-state index contributed by atoms with van der Waals surface area (Å²) in [5.41, 5.74) is 0. The molecule has 0 aromatic rings. The zero-order valence-corrected chi connectivity index (χ0v) is 4.72. The van der Waals surface area contributed by atoms with Crippen LogP contribution in [0.3, 0.4) is 0 Å². The fraction of sp³-hybridized carbons (Fsp3) is 1.00. The Morgan fingerprint density at radius 2 is 1.00 bits per heavy atom. The molecule has 0 aliphatic carbocycles. The Morgan fingerprint density at radius 1 is 1.00 bits per heavy atom. The third-order valence-electron chi connectivity index (χ3n) is 0. The van der Waals surface area contributed by atoms with Gasteiger partial charge in [-0.1, -0.05) is 7.43 Å². The molecule has 2 N–H and O–H groups in total. The number of rotatable bonds is 0. The van der Waals surface area contributed by atoms with Gasteiger partial charge in [0.25, 0.3) is 0 Å². The number of hydrogen-bond donors (Lipinski definition) is 0. The first kappa shape index (κ1) is 60.7. The van der Waals surface area contributed by atoms with Crippen LogP contribution < -0.4 is 0 Å². The summed E-state index contributed by atoms with van der Waals surface area (Å²) in [4.78, 5) is 0. The van der Waals surface area contributed by atoms with Crippen molar-refractivity contribution in [2.45, 2.75) is 7.43 Å². The Hall–Kier alpha value is 1.25. The summed E-state index contributed by atoms with van der Waals surface area (Å²) in [6.45, 7) is 0. The van der Waals surface area contributed by atoms with E-state index in [1.165, 1.54) is 0 Å². The molecule has 1 radical (unpaired) electrons. The summed E-state index contributed by atoms with van der Waals surface area (Å²) in [5, 5.41) is 0. The van der Waals surface area contributed by atoms with Gasteiger partial charge in [0.15, 0.2) is 0 Å². The van der Waals surface area contributed by atoms with E-state index in [1.54, 1.807) is 0 Å². The maximum atomic E-state index is 0. The zero-order chi connectivity index (χ0) is 0. The first-order valence-electron chi connectivity index (χ1n) is 0. The molecule has 0 aliphatic heterocycles. The average molecular weight is 93.5 g/mol. The SMILES string of the molecule is C.Cl.O.[Na]. The molecule has 0 fully saturated rings. The van der Waals surface area contributed by atoms with Crippen LogP contribution in [0.4, 0.5) is 0 Å². The van der Waals surface area contributed by atoms with E-state index in [4.69, 9.17) is 0 Å². The second-order valence-electron chi connectivity index (χ2n) is 0. The Labute approximate surface area is 54.8 Å². The van der Waals surface area contributed by atoms with Crippen LogP contribution in [0.2, 0.25) is 0 Å². The fourth-order valence-corrected chi connectivity index (χ4v) is 0. The Bertz CT molecular complexity index is 8.00. The molecule has 0 saturated carbocycles. The molecule has 4 heavy (non-hydrogen) atoms. The van der Waals surface area contributed by atoms with Crippen molar-refractivity contribution in [3.05, 3.63) is 0 Å². The fourth-order valence-electron chi connectivity index (χ4n) is 0. The Kier molecular flexibility index (Phi) is 436. The molecule has 3 heteroatoms. The second kappa shape index (κ2) is 28.7. The molecule has 0 unspecified atom stereocenters. The molecule has 0 aromatic carbocycles. The topological polar surface area (TPSA) is 31.5 Å². The molecule has 0 atom stereocenters. The molecular weight excluding hydrogens is 86.5 g/mol. The maximum absolute atomic E-state index is 0. The van der Waals surface area contributed by atoms with Crippen LogP contribution in [0.15, 0.2) is 0 Å². The van der Waals surface area contributed by atoms with Gasteiger partial charge in [-0.05, 0) is 0 Å². The van der Waals surface area contributed by atoms with Crippen LogP contribution in [0.25, 0.3) is 0 Å². The van der Waals surface area contributed by atoms with Crippen molar-refractivity contribution < 1.29 is 5.48 Å². The van der Waals surface area contributed by atoms with Crippen molar-refractivity contribution >= 4 is 42.0 Å². The number of hydrogen-bond acceptors (Lipinski definition) is 0. The molecular formula is CH7ClNaO. The van der Waals surface area contributed by atoms with E-state index < -0.39 is 0 Å². The summed E-state index contributed by atoms with van der Waals surface area (Å²) in [6.07, 6.45) is 0. The van der Waals surface area contributed by atoms with E-state index in [2.05, 4.69) is 0 Å². The van der Waals surface area contributed by atoms with Gasteiger partial charge in [-0.3, -0.25) is 0 Å². The van der Waals surface area contributed by atoms with Crippen LogP contribution >= 0.6 is 12.4 Å². The first-order valence-corrected chi connectivity index (χ1v) is 0. The summed E-state index contributed by atoms with van der Waals surface area (Å²) in [5.74, 6) is 0. The molecule has 0 saturated heterocycles. The van der Waals surface area contributed by atoms with Crippen molar-refractivity contribution in [1.82, 2.24) is 0 Å². The maximum Gasteiger partial charge on any atom is 0 e. The smallest absolute Gasteiger partial charge is 0 e. The molecule has 1 nitrogen and oxygen atoms in total. The van der Waals surface area contributed by atoms with E-state index in [9.17, 15) is 0 Å². The molecule has 0 amide bonds.